The molecular weight excluding hydrogens is 370 g/mol. The van der Waals surface area contributed by atoms with Crippen molar-refractivity contribution in [1.82, 2.24) is 14.9 Å². The summed E-state index contributed by atoms with van der Waals surface area (Å²) in [7, 11) is 0. The number of carbonyl (C=O) groups is 1. The topological polar surface area (TPSA) is 97.1 Å². The van der Waals surface area contributed by atoms with Crippen LogP contribution in [0.5, 0.6) is 0 Å². The minimum absolute atomic E-state index is 0.251. The van der Waals surface area contributed by atoms with E-state index in [2.05, 4.69) is 10.3 Å². The van der Waals surface area contributed by atoms with Gasteiger partial charge in [0.25, 0.3) is 11.5 Å². The number of furan rings is 1. The zero-order chi connectivity index (χ0) is 20.2. The van der Waals surface area contributed by atoms with E-state index in [1.54, 1.807) is 24.3 Å². The maximum atomic E-state index is 12.8. The first kappa shape index (κ1) is 18.5. The molecule has 0 bridgehead atoms. The lowest BCUT2D eigenvalue weighted by atomic mass is 10.1. The summed E-state index contributed by atoms with van der Waals surface area (Å²) in [5, 5.41) is 3.10. The van der Waals surface area contributed by atoms with E-state index in [1.807, 2.05) is 30.3 Å². The number of carbonyl (C=O) groups excluding carboxylic acids is 1. The van der Waals surface area contributed by atoms with Gasteiger partial charge in [-0.3, -0.25) is 14.2 Å². The number of rotatable bonds is 6. The van der Waals surface area contributed by atoms with Gasteiger partial charge in [-0.2, -0.15) is 0 Å². The molecule has 0 saturated carbocycles. The number of amides is 1. The molecule has 0 aliphatic heterocycles. The van der Waals surface area contributed by atoms with E-state index in [9.17, 15) is 14.4 Å². The van der Waals surface area contributed by atoms with Crippen LogP contribution in [0.4, 0.5) is 0 Å². The molecule has 4 aromatic rings. The van der Waals surface area contributed by atoms with E-state index in [0.717, 1.165) is 5.56 Å². The van der Waals surface area contributed by atoms with E-state index >= 15 is 0 Å². The molecule has 146 valence electrons. The average Bonchev–Trinajstić information content (AvgIpc) is 3.26. The number of aryl methyl sites for hydroxylation is 1. The highest BCUT2D eigenvalue weighted by atomic mass is 16.3. The minimum Gasteiger partial charge on any atom is -0.467 e. The Labute approximate surface area is 165 Å². The van der Waals surface area contributed by atoms with E-state index in [1.165, 1.54) is 16.9 Å². The zero-order valence-corrected chi connectivity index (χ0v) is 15.6. The van der Waals surface area contributed by atoms with Crippen LogP contribution in [0.25, 0.3) is 10.9 Å². The minimum atomic E-state index is -0.494. The molecular formula is C22H19N3O4. The fraction of sp³-hybridized carbons (Fsp3) is 0.136. The third kappa shape index (κ3) is 4.03. The number of nitrogens with one attached hydrogen (secondary N) is 2. The van der Waals surface area contributed by atoms with Crippen molar-refractivity contribution in [1.29, 1.82) is 0 Å². The third-order valence-corrected chi connectivity index (χ3v) is 4.71. The van der Waals surface area contributed by atoms with E-state index in [0.29, 0.717) is 28.6 Å². The summed E-state index contributed by atoms with van der Waals surface area (Å²) in [6, 6.07) is 17.8. The van der Waals surface area contributed by atoms with Crippen molar-refractivity contribution in [3.63, 3.8) is 0 Å². The van der Waals surface area contributed by atoms with Crippen LogP contribution >= 0.6 is 0 Å². The number of benzene rings is 2. The maximum Gasteiger partial charge on any atom is 0.328 e. The number of fused-ring (bicyclic) bond motifs is 1. The van der Waals surface area contributed by atoms with Gasteiger partial charge in [0.2, 0.25) is 0 Å². The fourth-order valence-corrected chi connectivity index (χ4v) is 3.17. The molecule has 4 rings (SSSR count). The van der Waals surface area contributed by atoms with Crippen molar-refractivity contribution in [2.75, 3.05) is 0 Å². The lowest BCUT2D eigenvalue weighted by Crippen LogP contribution is -2.35. The molecule has 2 heterocycles. The predicted octanol–water partition coefficient (Wildman–Crippen LogP) is 2.46. The summed E-state index contributed by atoms with van der Waals surface area (Å²) >= 11 is 0. The number of aromatic amines is 1. The first-order valence-corrected chi connectivity index (χ1v) is 9.23. The first-order valence-electron chi connectivity index (χ1n) is 9.23. The van der Waals surface area contributed by atoms with Crippen LogP contribution in [-0.2, 0) is 19.5 Å². The quantitative estimate of drug-likeness (QED) is 0.529. The molecule has 0 aliphatic carbocycles. The monoisotopic (exact) mass is 389 g/mol. The van der Waals surface area contributed by atoms with Gasteiger partial charge in [0.1, 0.15) is 5.76 Å². The Hall–Kier alpha value is -3.87. The second-order valence-corrected chi connectivity index (χ2v) is 6.64. The van der Waals surface area contributed by atoms with Gasteiger partial charge in [-0.05, 0) is 42.3 Å². The fourth-order valence-electron chi connectivity index (χ4n) is 3.17. The van der Waals surface area contributed by atoms with Crippen molar-refractivity contribution in [3.8, 4) is 0 Å². The molecule has 7 nitrogen and oxygen atoms in total. The first-order chi connectivity index (χ1) is 14.1. The van der Waals surface area contributed by atoms with Gasteiger partial charge in [0, 0.05) is 12.1 Å². The second-order valence-electron chi connectivity index (χ2n) is 6.64. The van der Waals surface area contributed by atoms with Crippen LogP contribution in [-0.4, -0.2) is 15.5 Å². The molecule has 2 aromatic heterocycles. The molecule has 2 N–H and O–H groups in total. The summed E-state index contributed by atoms with van der Waals surface area (Å²) in [4.78, 5) is 40.3. The number of aromatic nitrogens is 2. The SMILES string of the molecule is O=C(NCc1ccco1)c1ccc2c(=O)n(CCc3ccccc3)c(=O)[nH]c2c1. The van der Waals surface area contributed by atoms with Crippen molar-refractivity contribution in [2.24, 2.45) is 0 Å². The summed E-state index contributed by atoms with van der Waals surface area (Å²) < 4.78 is 6.37. The van der Waals surface area contributed by atoms with Crippen molar-refractivity contribution >= 4 is 16.8 Å². The van der Waals surface area contributed by atoms with Crippen molar-refractivity contribution < 1.29 is 9.21 Å². The van der Waals surface area contributed by atoms with Gasteiger partial charge < -0.3 is 14.7 Å². The molecule has 7 heteroatoms. The van der Waals surface area contributed by atoms with Crippen LogP contribution in [0.15, 0.2) is 80.9 Å². The Morgan fingerprint density at radius 1 is 1.03 bits per heavy atom. The van der Waals surface area contributed by atoms with Crippen molar-refractivity contribution in [2.45, 2.75) is 19.5 Å². The third-order valence-electron chi connectivity index (χ3n) is 4.71. The molecule has 0 saturated heterocycles. The Balaban J connectivity index is 1.57. The normalized spacial score (nSPS) is 10.9. The molecule has 0 aliphatic rings. The summed E-state index contributed by atoms with van der Waals surface area (Å²) in [6.07, 6.45) is 2.10. The lowest BCUT2D eigenvalue weighted by molar-refractivity contribution is 0.0948. The predicted molar refractivity (Wildman–Crippen MR) is 109 cm³/mol. The lowest BCUT2D eigenvalue weighted by Gasteiger charge is -2.08. The highest BCUT2D eigenvalue weighted by Crippen LogP contribution is 2.10. The Kier molecular flexibility index (Phi) is 5.11. The highest BCUT2D eigenvalue weighted by Gasteiger charge is 2.12. The standard InChI is InChI=1S/C22H19N3O4/c26-20(23-14-17-7-4-12-29-17)16-8-9-18-19(13-16)24-22(28)25(21(18)27)11-10-15-5-2-1-3-6-15/h1-9,12-13H,10-11,14H2,(H,23,26)(H,24,28). The van der Waals surface area contributed by atoms with Crippen molar-refractivity contribution in [3.05, 3.63) is 105 Å². The number of hydrogen-bond acceptors (Lipinski definition) is 4. The summed E-state index contributed by atoms with van der Waals surface area (Å²) in [6.45, 7) is 0.529. The van der Waals surface area contributed by atoms with Gasteiger partial charge in [0.15, 0.2) is 0 Å². The van der Waals surface area contributed by atoms with Crippen LogP contribution in [0, 0.1) is 0 Å². The maximum absolute atomic E-state index is 12.8. The molecule has 0 atom stereocenters. The second kappa shape index (κ2) is 8.02. The Bertz CT molecular complexity index is 1250. The number of H-pyrrole nitrogens is 1. The van der Waals surface area contributed by atoms with Gasteiger partial charge in [-0.1, -0.05) is 30.3 Å². The van der Waals surface area contributed by atoms with E-state index < -0.39 is 5.69 Å². The van der Waals surface area contributed by atoms with E-state index in [-0.39, 0.29) is 24.6 Å². The largest absolute Gasteiger partial charge is 0.467 e. The molecule has 2 aromatic carbocycles. The number of nitrogens with zero attached hydrogens (tertiary/aromatic N) is 1. The molecule has 0 spiro atoms. The molecule has 1 amide bonds. The van der Waals surface area contributed by atoms with Crippen LogP contribution in [0.3, 0.4) is 0 Å². The Morgan fingerprint density at radius 2 is 1.86 bits per heavy atom. The molecule has 0 radical (unpaired) electrons. The highest BCUT2D eigenvalue weighted by molar-refractivity contribution is 5.97. The van der Waals surface area contributed by atoms with Gasteiger partial charge in [-0.15, -0.1) is 0 Å². The zero-order valence-electron chi connectivity index (χ0n) is 15.6. The molecule has 29 heavy (non-hydrogen) atoms. The summed E-state index contributed by atoms with van der Waals surface area (Å²) in [5.74, 6) is 0.311. The average molecular weight is 389 g/mol. The van der Waals surface area contributed by atoms with Gasteiger partial charge in [0.05, 0.1) is 23.7 Å². The molecule has 0 unspecified atom stereocenters. The van der Waals surface area contributed by atoms with Crippen LogP contribution < -0.4 is 16.6 Å². The van der Waals surface area contributed by atoms with Crippen LogP contribution in [0.1, 0.15) is 21.7 Å². The number of hydrogen-bond donors (Lipinski definition) is 2. The Morgan fingerprint density at radius 3 is 2.62 bits per heavy atom. The van der Waals surface area contributed by atoms with Gasteiger partial charge >= 0.3 is 5.69 Å². The van der Waals surface area contributed by atoms with E-state index in [4.69, 9.17) is 4.42 Å². The summed E-state index contributed by atoms with van der Waals surface area (Å²) in [5.41, 5.74) is 0.860. The molecule has 0 fully saturated rings. The smallest absolute Gasteiger partial charge is 0.328 e. The van der Waals surface area contributed by atoms with Gasteiger partial charge in [-0.25, -0.2) is 4.79 Å². The van der Waals surface area contributed by atoms with Crippen LogP contribution in [0.2, 0.25) is 0 Å².